The van der Waals surface area contributed by atoms with Gasteiger partial charge in [-0.05, 0) is 44.7 Å². The monoisotopic (exact) mass is 329 g/mol. The highest BCUT2D eigenvalue weighted by atomic mass is 16.5. The summed E-state index contributed by atoms with van der Waals surface area (Å²) in [5.74, 6) is 0.672. The molecule has 1 aromatic rings. The predicted molar refractivity (Wildman–Crippen MR) is 91.4 cm³/mol. The summed E-state index contributed by atoms with van der Waals surface area (Å²) in [5, 5.41) is 3.26. The molecule has 1 aromatic heterocycles. The van der Waals surface area contributed by atoms with Gasteiger partial charge in [-0.25, -0.2) is 0 Å². The molecule has 1 amide bonds. The third-order valence-corrected chi connectivity index (χ3v) is 5.79. The number of nitrogens with one attached hydrogen (secondary N) is 1. The van der Waals surface area contributed by atoms with Crippen LogP contribution in [-0.4, -0.2) is 47.6 Å². The summed E-state index contributed by atoms with van der Waals surface area (Å²) in [6, 6.07) is 6.55. The van der Waals surface area contributed by atoms with Gasteiger partial charge >= 0.3 is 0 Å². The summed E-state index contributed by atoms with van der Waals surface area (Å²) >= 11 is 0. The Balaban J connectivity index is 1.45. The fraction of sp³-hybridized carbons (Fsp3) is 0.684. The number of amides is 1. The Morgan fingerprint density at radius 3 is 2.96 bits per heavy atom. The summed E-state index contributed by atoms with van der Waals surface area (Å²) in [7, 11) is 0. The molecule has 24 heavy (non-hydrogen) atoms. The van der Waals surface area contributed by atoms with E-state index >= 15 is 0 Å². The molecule has 3 heterocycles. The van der Waals surface area contributed by atoms with Gasteiger partial charge in [0.2, 0.25) is 5.91 Å². The number of piperidine rings is 1. The van der Waals surface area contributed by atoms with Crippen LogP contribution in [0, 0.1) is 18.8 Å². The van der Waals surface area contributed by atoms with Crippen LogP contribution in [-0.2, 0) is 16.1 Å². The van der Waals surface area contributed by atoms with Gasteiger partial charge in [0.15, 0.2) is 0 Å². The van der Waals surface area contributed by atoms with E-state index in [9.17, 15) is 4.79 Å². The number of rotatable bonds is 4. The van der Waals surface area contributed by atoms with Crippen LogP contribution in [0.5, 0.6) is 0 Å². The highest BCUT2D eigenvalue weighted by Crippen LogP contribution is 2.34. The Morgan fingerprint density at radius 2 is 2.21 bits per heavy atom. The Kier molecular flexibility index (Phi) is 4.55. The molecule has 0 aromatic carbocycles. The summed E-state index contributed by atoms with van der Waals surface area (Å²) < 4.78 is 5.93. The normalized spacial score (nSPS) is 30.6. The smallest absolute Gasteiger partial charge is 0.225 e. The molecule has 5 nitrogen and oxygen atoms in total. The number of ether oxygens (including phenoxy) is 1. The van der Waals surface area contributed by atoms with Crippen molar-refractivity contribution in [3.63, 3.8) is 0 Å². The molecule has 1 aliphatic carbocycles. The van der Waals surface area contributed by atoms with E-state index in [0.717, 1.165) is 56.9 Å². The molecule has 2 aliphatic heterocycles. The lowest BCUT2D eigenvalue weighted by Gasteiger charge is -2.40. The maximum absolute atomic E-state index is 12.8. The number of pyridine rings is 1. The Labute approximate surface area is 143 Å². The number of nitrogens with zero attached hydrogens (tertiary/aromatic N) is 2. The van der Waals surface area contributed by atoms with E-state index in [0.29, 0.717) is 12.0 Å². The largest absolute Gasteiger partial charge is 0.377 e. The van der Waals surface area contributed by atoms with Crippen LogP contribution >= 0.6 is 0 Å². The minimum Gasteiger partial charge on any atom is -0.377 e. The number of hydrogen-bond acceptors (Lipinski definition) is 4. The van der Waals surface area contributed by atoms with Crippen LogP contribution in [0.15, 0.2) is 18.2 Å². The van der Waals surface area contributed by atoms with Crippen LogP contribution in [0.2, 0.25) is 0 Å². The van der Waals surface area contributed by atoms with Crippen LogP contribution in [0.4, 0.5) is 0 Å². The molecule has 1 saturated carbocycles. The zero-order valence-corrected chi connectivity index (χ0v) is 14.4. The van der Waals surface area contributed by atoms with Crippen molar-refractivity contribution in [2.24, 2.45) is 11.8 Å². The second-order valence-corrected chi connectivity index (χ2v) is 7.57. The molecule has 3 atom stereocenters. The van der Waals surface area contributed by atoms with Gasteiger partial charge in [0.25, 0.3) is 0 Å². The topological polar surface area (TPSA) is 54.5 Å². The lowest BCUT2D eigenvalue weighted by Crippen LogP contribution is -2.54. The van der Waals surface area contributed by atoms with Crippen LogP contribution in [0.1, 0.15) is 37.1 Å². The lowest BCUT2D eigenvalue weighted by molar-refractivity contribution is -0.132. The first-order valence-electron chi connectivity index (χ1n) is 9.26. The van der Waals surface area contributed by atoms with Gasteiger partial charge in [-0.3, -0.25) is 14.7 Å². The highest BCUT2D eigenvalue weighted by molar-refractivity contribution is 5.80. The van der Waals surface area contributed by atoms with Gasteiger partial charge in [0, 0.05) is 43.9 Å². The number of aromatic nitrogens is 1. The third-order valence-electron chi connectivity index (χ3n) is 5.79. The van der Waals surface area contributed by atoms with Gasteiger partial charge in [0.05, 0.1) is 17.7 Å². The molecule has 2 saturated heterocycles. The molecule has 3 fully saturated rings. The number of aryl methyl sites for hydroxylation is 1. The van der Waals surface area contributed by atoms with Crippen molar-refractivity contribution >= 4 is 5.91 Å². The van der Waals surface area contributed by atoms with Gasteiger partial charge in [-0.15, -0.1) is 0 Å². The number of fused-ring (bicyclic) bond motifs is 1. The summed E-state index contributed by atoms with van der Waals surface area (Å²) in [5.41, 5.74) is 2.11. The fourth-order valence-corrected chi connectivity index (χ4v) is 4.24. The number of hydrogen-bond donors (Lipinski definition) is 1. The summed E-state index contributed by atoms with van der Waals surface area (Å²) in [4.78, 5) is 19.7. The quantitative estimate of drug-likeness (QED) is 0.917. The van der Waals surface area contributed by atoms with Crippen molar-refractivity contribution in [3.8, 4) is 0 Å². The molecule has 4 rings (SSSR count). The SMILES string of the molecule is Cc1cccc(CN2C[C@H](C(=O)NC3CCC3)[C@@H]3CCO[C@@H]3C2)n1. The van der Waals surface area contributed by atoms with Gasteiger partial charge in [-0.1, -0.05) is 6.07 Å². The highest BCUT2D eigenvalue weighted by Gasteiger charge is 2.44. The first-order valence-corrected chi connectivity index (χ1v) is 9.26. The zero-order valence-electron chi connectivity index (χ0n) is 14.4. The van der Waals surface area contributed by atoms with Gasteiger partial charge in [-0.2, -0.15) is 0 Å². The molecule has 0 unspecified atom stereocenters. The molecule has 130 valence electrons. The number of likely N-dealkylation sites (tertiary alicyclic amines) is 1. The predicted octanol–water partition coefficient (Wildman–Crippen LogP) is 1.90. The number of carbonyl (C=O) groups is 1. The standard InChI is InChI=1S/C19H27N3O2/c1-13-4-2-7-15(20-13)10-22-11-17(16-8-9-24-18(16)12-22)19(23)21-14-5-3-6-14/h2,4,7,14,16-18H,3,5-6,8-12H2,1H3,(H,21,23)/t16-,17-,18+/m0/s1. The van der Waals surface area contributed by atoms with Crippen molar-refractivity contribution < 1.29 is 9.53 Å². The summed E-state index contributed by atoms with van der Waals surface area (Å²) in [6.07, 6.45) is 4.74. The van der Waals surface area contributed by atoms with E-state index in [1.54, 1.807) is 0 Å². The maximum atomic E-state index is 12.8. The van der Waals surface area contributed by atoms with E-state index in [-0.39, 0.29) is 17.9 Å². The Hall–Kier alpha value is -1.46. The first-order chi connectivity index (χ1) is 11.7. The molecule has 1 N–H and O–H groups in total. The van der Waals surface area contributed by atoms with E-state index in [4.69, 9.17) is 4.74 Å². The van der Waals surface area contributed by atoms with Crippen molar-refractivity contribution in [2.45, 2.75) is 51.3 Å². The van der Waals surface area contributed by atoms with E-state index in [1.807, 2.05) is 13.0 Å². The maximum Gasteiger partial charge on any atom is 0.225 e. The van der Waals surface area contributed by atoms with E-state index < -0.39 is 0 Å². The van der Waals surface area contributed by atoms with Crippen molar-refractivity contribution in [1.82, 2.24) is 15.2 Å². The molecular formula is C19H27N3O2. The zero-order chi connectivity index (χ0) is 16.5. The van der Waals surface area contributed by atoms with Crippen molar-refractivity contribution in [1.29, 1.82) is 0 Å². The molecular weight excluding hydrogens is 302 g/mol. The average Bonchev–Trinajstić information content (AvgIpc) is 2.98. The van der Waals surface area contributed by atoms with Crippen LogP contribution in [0.3, 0.4) is 0 Å². The second kappa shape index (κ2) is 6.81. The van der Waals surface area contributed by atoms with Gasteiger partial charge in [0.1, 0.15) is 0 Å². The lowest BCUT2D eigenvalue weighted by atomic mass is 9.81. The molecule has 0 radical (unpaired) electrons. The minimum absolute atomic E-state index is 0.0525. The van der Waals surface area contributed by atoms with E-state index in [1.165, 1.54) is 6.42 Å². The Morgan fingerprint density at radius 1 is 1.33 bits per heavy atom. The molecule has 3 aliphatic rings. The van der Waals surface area contributed by atoms with E-state index in [2.05, 4.69) is 27.3 Å². The molecule has 5 heteroatoms. The van der Waals surface area contributed by atoms with Crippen LogP contribution < -0.4 is 5.32 Å². The third kappa shape index (κ3) is 3.33. The van der Waals surface area contributed by atoms with Crippen LogP contribution in [0.25, 0.3) is 0 Å². The fourth-order valence-electron chi connectivity index (χ4n) is 4.24. The minimum atomic E-state index is 0.0525. The average molecular weight is 329 g/mol. The molecule has 0 bridgehead atoms. The summed E-state index contributed by atoms with van der Waals surface area (Å²) in [6.45, 7) is 5.33. The first kappa shape index (κ1) is 16.0. The molecule has 0 spiro atoms. The van der Waals surface area contributed by atoms with Crippen molar-refractivity contribution in [2.75, 3.05) is 19.7 Å². The Bertz CT molecular complexity index is 602. The van der Waals surface area contributed by atoms with Gasteiger partial charge < -0.3 is 10.1 Å². The second-order valence-electron chi connectivity index (χ2n) is 7.57. The number of carbonyl (C=O) groups excluding carboxylic acids is 1. The van der Waals surface area contributed by atoms with Crippen molar-refractivity contribution in [3.05, 3.63) is 29.6 Å².